The van der Waals surface area contributed by atoms with Crippen LogP contribution < -0.4 is 11.1 Å². The zero-order valence-electron chi connectivity index (χ0n) is 8.00. The summed E-state index contributed by atoms with van der Waals surface area (Å²) in [4.78, 5) is 18.8. The van der Waals surface area contributed by atoms with Crippen molar-refractivity contribution >= 4 is 34.9 Å². The van der Waals surface area contributed by atoms with Crippen molar-refractivity contribution in [1.82, 2.24) is 9.97 Å². The molecule has 5 nitrogen and oxygen atoms in total. The lowest BCUT2D eigenvalue weighted by Gasteiger charge is -2.10. The van der Waals surface area contributed by atoms with Crippen LogP contribution in [0.5, 0.6) is 0 Å². The Balaban J connectivity index is 2.81. The zero-order chi connectivity index (χ0) is 11.4. The van der Waals surface area contributed by atoms with Crippen LogP contribution in [0.3, 0.4) is 0 Å². The third-order valence-corrected chi connectivity index (χ3v) is 2.51. The number of amides is 1. The number of halogens is 2. The Kier molecular flexibility index (Phi) is 4.26. The highest BCUT2D eigenvalue weighted by Crippen LogP contribution is 2.25. The maximum atomic E-state index is 11.4. The van der Waals surface area contributed by atoms with Crippen molar-refractivity contribution in [3.8, 4) is 0 Å². The van der Waals surface area contributed by atoms with E-state index in [0.717, 1.165) is 0 Å². The van der Waals surface area contributed by atoms with E-state index in [1.165, 1.54) is 6.33 Å². The second-order valence-corrected chi connectivity index (χ2v) is 3.57. The molecule has 0 aliphatic heterocycles. The predicted molar refractivity (Wildman–Crippen MR) is 58.9 cm³/mol. The van der Waals surface area contributed by atoms with Crippen LogP contribution in [0, 0.1) is 0 Å². The smallest absolute Gasteiger partial charge is 0.242 e. The van der Waals surface area contributed by atoms with Gasteiger partial charge < -0.3 is 11.1 Å². The first-order valence-electron chi connectivity index (χ1n) is 4.28. The summed E-state index contributed by atoms with van der Waals surface area (Å²) in [6.45, 7) is 1.80. The van der Waals surface area contributed by atoms with E-state index in [-0.39, 0.29) is 21.9 Å². The minimum atomic E-state index is -0.588. The molecule has 1 aromatic rings. The van der Waals surface area contributed by atoms with E-state index in [1.807, 2.05) is 0 Å². The van der Waals surface area contributed by atoms with Gasteiger partial charge in [-0.05, 0) is 6.42 Å². The first-order chi connectivity index (χ1) is 7.06. The molecule has 1 amide bonds. The van der Waals surface area contributed by atoms with Crippen LogP contribution in [0.15, 0.2) is 6.33 Å². The van der Waals surface area contributed by atoms with Crippen LogP contribution in [0.1, 0.15) is 13.3 Å². The first-order valence-corrected chi connectivity index (χ1v) is 5.04. The molecule has 0 saturated heterocycles. The molecule has 1 atom stereocenters. The number of nitrogens with zero attached hydrogens (tertiary/aromatic N) is 2. The van der Waals surface area contributed by atoms with Gasteiger partial charge in [-0.2, -0.15) is 0 Å². The number of carbonyl (C=O) groups is 1. The molecule has 0 fully saturated rings. The fraction of sp³-hybridized carbons (Fsp3) is 0.375. The van der Waals surface area contributed by atoms with Crippen molar-refractivity contribution in [3.63, 3.8) is 0 Å². The van der Waals surface area contributed by atoms with Gasteiger partial charge in [0.2, 0.25) is 5.91 Å². The van der Waals surface area contributed by atoms with Crippen molar-refractivity contribution in [2.75, 3.05) is 5.32 Å². The van der Waals surface area contributed by atoms with Gasteiger partial charge >= 0.3 is 0 Å². The molecule has 82 valence electrons. The van der Waals surface area contributed by atoms with Gasteiger partial charge in [-0.1, -0.05) is 30.1 Å². The Morgan fingerprint density at radius 3 is 2.87 bits per heavy atom. The Morgan fingerprint density at radius 1 is 1.60 bits per heavy atom. The molecular formula is C8H10Cl2N4O. The maximum Gasteiger partial charge on any atom is 0.242 e. The number of nitrogens with two attached hydrogens (primary N) is 1. The number of carbonyl (C=O) groups excluding carboxylic acids is 1. The van der Waals surface area contributed by atoms with E-state index in [4.69, 9.17) is 28.9 Å². The summed E-state index contributed by atoms with van der Waals surface area (Å²) in [6, 6.07) is -0.588. The molecule has 7 heteroatoms. The SMILES string of the molecule is CC[C@H](N)C(=O)Nc1ncnc(Cl)c1Cl. The topological polar surface area (TPSA) is 80.9 Å². The monoisotopic (exact) mass is 248 g/mol. The van der Waals surface area contributed by atoms with E-state index in [1.54, 1.807) is 6.92 Å². The lowest BCUT2D eigenvalue weighted by molar-refractivity contribution is -0.117. The van der Waals surface area contributed by atoms with Crippen LogP contribution in [0.2, 0.25) is 10.2 Å². The molecule has 1 heterocycles. The summed E-state index contributed by atoms with van der Waals surface area (Å²) in [7, 11) is 0. The van der Waals surface area contributed by atoms with Crippen LogP contribution in [0.25, 0.3) is 0 Å². The molecular weight excluding hydrogens is 239 g/mol. The van der Waals surface area contributed by atoms with Crippen molar-refractivity contribution in [2.45, 2.75) is 19.4 Å². The highest BCUT2D eigenvalue weighted by molar-refractivity contribution is 6.42. The Hall–Kier alpha value is -0.910. The molecule has 0 aliphatic carbocycles. The fourth-order valence-electron chi connectivity index (χ4n) is 0.830. The average Bonchev–Trinajstić information content (AvgIpc) is 2.23. The van der Waals surface area contributed by atoms with Gasteiger partial charge in [0.1, 0.15) is 11.3 Å². The Labute approximate surface area is 97.0 Å². The fourth-order valence-corrected chi connectivity index (χ4v) is 1.11. The van der Waals surface area contributed by atoms with Gasteiger partial charge in [-0.3, -0.25) is 4.79 Å². The largest absolute Gasteiger partial charge is 0.320 e. The zero-order valence-corrected chi connectivity index (χ0v) is 9.51. The van der Waals surface area contributed by atoms with E-state index in [0.29, 0.717) is 6.42 Å². The Bertz CT molecular complexity index is 372. The lowest BCUT2D eigenvalue weighted by Crippen LogP contribution is -2.35. The molecule has 0 saturated carbocycles. The number of hydrogen-bond donors (Lipinski definition) is 2. The number of hydrogen-bond acceptors (Lipinski definition) is 4. The minimum Gasteiger partial charge on any atom is -0.320 e. The van der Waals surface area contributed by atoms with Crippen LogP contribution in [0.4, 0.5) is 5.82 Å². The van der Waals surface area contributed by atoms with Gasteiger partial charge in [0.05, 0.1) is 6.04 Å². The quantitative estimate of drug-likeness (QED) is 0.794. The van der Waals surface area contributed by atoms with Crippen LogP contribution in [-0.2, 0) is 4.79 Å². The molecule has 15 heavy (non-hydrogen) atoms. The molecule has 3 N–H and O–H groups in total. The summed E-state index contributed by atoms with van der Waals surface area (Å²) in [5, 5.41) is 2.67. The van der Waals surface area contributed by atoms with Crippen molar-refractivity contribution in [1.29, 1.82) is 0 Å². The first kappa shape index (κ1) is 12.2. The van der Waals surface area contributed by atoms with E-state index in [2.05, 4.69) is 15.3 Å². The third kappa shape index (κ3) is 3.02. The average molecular weight is 249 g/mol. The molecule has 0 bridgehead atoms. The van der Waals surface area contributed by atoms with E-state index in [9.17, 15) is 4.79 Å². The number of nitrogens with one attached hydrogen (secondary N) is 1. The van der Waals surface area contributed by atoms with Crippen LogP contribution >= 0.6 is 23.2 Å². The molecule has 0 unspecified atom stereocenters. The summed E-state index contributed by atoms with van der Waals surface area (Å²) in [5.41, 5.74) is 5.52. The summed E-state index contributed by atoms with van der Waals surface area (Å²) >= 11 is 11.4. The van der Waals surface area contributed by atoms with Gasteiger partial charge in [0.25, 0.3) is 0 Å². The Morgan fingerprint density at radius 2 is 2.27 bits per heavy atom. The molecule has 1 aromatic heterocycles. The molecule has 1 rings (SSSR count). The van der Waals surface area contributed by atoms with Gasteiger partial charge in [0, 0.05) is 0 Å². The standard InChI is InChI=1S/C8H10Cl2N4O/c1-2-4(11)8(15)14-7-5(9)6(10)12-3-13-7/h3-4H,2,11H2,1H3,(H,12,13,14,15)/t4-/m0/s1. The van der Waals surface area contributed by atoms with Gasteiger partial charge in [-0.15, -0.1) is 0 Å². The second kappa shape index (κ2) is 5.25. The highest BCUT2D eigenvalue weighted by atomic mass is 35.5. The van der Waals surface area contributed by atoms with Crippen molar-refractivity contribution in [2.24, 2.45) is 5.73 Å². The molecule has 0 radical (unpaired) electrons. The number of aromatic nitrogens is 2. The maximum absolute atomic E-state index is 11.4. The molecule has 0 aliphatic rings. The van der Waals surface area contributed by atoms with Gasteiger partial charge in [-0.25, -0.2) is 9.97 Å². The third-order valence-electron chi connectivity index (χ3n) is 1.77. The van der Waals surface area contributed by atoms with E-state index < -0.39 is 6.04 Å². The number of rotatable bonds is 3. The summed E-state index contributed by atoms with van der Waals surface area (Å²) < 4.78 is 0. The van der Waals surface area contributed by atoms with Gasteiger partial charge in [0.15, 0.2) is 11.0 Å². The lowest BCUT2D eigenvalue weighted by atomic mass is 10.2. The highest BCUT2D eigenvalue weighted by Gasteiger charge is 2.14. The van der Waals surface area contributed by atoms with Crippen molar-refractivity contribution in [3.05, 3.63) is 16.5 Å². The molecule has 0 aromatic carbocycles. The minimum absolute atomic E-state index is 0.0898. The summed E-state index contributed by atoms with van der Waals surface area (Å²) in [6.07, 6.45) is 1.74. The second-order valence-electron chi connectivity index (χ2n) is 2.83. The van der Waals surface area contributed by atoms with E-state index >= 15 is 0 Å². The molecule has 0 spiro atoms. The predicted octanol–water partition coefficient (Wildman–Crippen LogP) is 1.46. The van der Waals surface area contributed by atoms with Crippen molar-refractivity contribution < 1.29 is 4.79 Å². The normalized spacial score (nSPS) is 12.3. The summed E-state index contributed by atoms with van der Waals surface area (Å²) in [5.74, 6) is -0.181. The number of anilines is 1. The van der Waals surface area contributed by atoms with Crippen LogP contribution in [-0.4, -0.2) is 21.9 Å².